The fourth-order valence-corrected chi connectivity index (χ4v) is 3.09. The Morgan fingerprint density at radius 3 is 2.71 bits per heavy atom. The third-order valence-corrected chi connectivity index (χ3v) is 5.09. The minimum Gasteiger partial charge on any atom is -0.465 e. The summed E-state index contributed by atoms with van der Waals surface area (Å²) < 4.78 is 4.71. The molecular formula is C10H8Br2O2. The molecule has 1 aliphatic carbocycles. The van der Waals surface area contributed by atoms with Crippen molar-refractivity contribution in [2.75, 3.05) is 7.11 Å². The highest BCUT2D eigenvalue weighted by molar-refractivity contribution is 9.12. The van der Waals surface area contributed by atoms with E-state index >= 15 is 0 Å². The standard InChI is InChI=1S/C10H8Br2O2/c1-14-10(13)6-4-2-3-5-7(6)9(12)8(5)11/h2-4,8-9H,1H3/t8-,9+/m0/s1. The second-order valence-electron chi connectivity index (χ2n) is 3.10. The van der Waals surface area contributed by atoms with Crippen LogP contribution in [-0.2, 0) is 4.74 Å². The molecule has 0 spiro atoms. The van der Waals surface area contributed by atoms with Gasteiger partial charge in [-0.1, -0.05) is 44.0 Å². The summed E-state index contributed by atoms with van der Waals surface area (Å²) in [5.41, 5.74) is 2.86. The molecule has 0 bridgehead atoms. The summed E-state index contributed by atoms with van der Waals surface area (Å²) in [4.78, 5) is 11.9. The number of esters is 1. The number of alkyl halides is 2. The fraction of sp³-hybridized carbons (Fsp3) is 0.300. The van der Waals surface area contributed by atoms with Crippen LogP contribution in [0.5, 0.6) is 0 Å². The van der Waals surface area contributed by atoms with E-state index in [1.807, 2.05) is 12.1 Å². The van der Waals surface area contributed by atoms with Crippen LogP contribution in [0.25, 0.3) is 0 Å². The maximum atomic E-state index is 11.4. The minimum atomic E-state index is -0.272. The molecule has 0 aliphatic heterocycles. The van der Waals surface area contributed by atoms with Gasteiger partial charge in [-0.2, -0.15) is 0 Å². The predicted octanol–water partition coefficient (Wildman–Crippen LogP) is 3.36. The van der Waals surface area contributed by atoms with E-state index in [0.29, 0.717) is 10.4 Å². The van der Waals surface area contributed by atoms with Gasteiger partial charge in [-0.05, 0) is 17.2 Å². The second kappa shape index (κ2) is 3.66. The molecule has 2 atom stereocenters. The van der Waals surface area contributed by atoms with Crippen molar-refractivity contribution >= 4 is 37.8 Å². The van der Waals surface area contributed by atoms with Crippen LogP contribution in [0.3, 0.4) is 0 Å². The molecule has 0 amide bonds. The summed E-state index contributed by atoms with van der Waals surface area (Å²) >= 11 is 7.05. The third-order valence-electron chi connectivity index (χ3n) is 2.37. The van der Waals surface area contributed by atoms with Crippen LogP contribution in [0.4, 0.5) is 0 Å². The van der Waals surface area contributed by atoms with Crippen molar-refractivity contribution in [3.63, 3.8) is 0 Å². The largest absolute Gasteiger partial charge is 0.465 e. The van der Waals surface area contributed by atoms with E-state index in [4.69, 9.17) is 4.74 Å². The second-order valence-corrected chi connectivity index (χ2v) is 5.08. The van der Waals surface area contributed by atoms with Gasteiger partial charge < -0.3 is 4.74 Å². The number of rotatable bonds is 1. The van der Waals surface area contributed by atoms with Gasteiger partial charge in [0.05, 0.1) is 22.3 Å². The summed E-state index contributed by atoms with van der Waals surface area (Å²) in [6, 6.07) is 5.68. The SMILES string of the molecule is COC(=O)c1cccc2c1[C@@H](Br)[C@H]2Br. The van der Waals surface area contributed by atoms with E-state index in [0.717, 1.165) is 11.1 Å². The van der Waals surface area contributed by atoms with Crippen LogP contribution in [-0.4, -0.2) is 13.1 Å². The van der Waals surface area contributed by atoms with Crippen LogP contribution in [0.2, 0.25) is 0 Å². The molecule has 0 unspecified atom stereocenters. The molecule has 0 heterocycles. The average Bonchev–Trinajstić information content (AvgIpc) is 2.25. The number of benzene rings is 1. The molecule has 0 fully saturated rings. The number of hydrogen-bond donors (Lipinski definition) is 0. The van der Waals surface area contributed by atoms with Gasteiger partial charge in [0.25, 0.3) is 0 Å². The Morgan fingerprint density at radius 2 is 2.07 bits per heavy atom. The topological polar surface area (TPSA) is 26.3 Å². The molecular weight excluding hydrogens is 312 g/mol. The molecule has 0 radical (unpaired) electrons. The molecule has 0 saturated carbocycles. The number of carbonyl (C=O) groups excluding carboxylic acids is 1. The first-order valence-corrected chi connectivity index (χ1v) is 5.99. The zero-order valence-electron chi connectivity index (χ0n) is 7.46. The van der Waals surface area contributed by atoms with Gasteiger partial charge in [-0.25, -0.2) is 4.79 Å². The first-order valence-electron chi connectivity index (χ1n) is 4.16. The number of hydrogen-bond acceptors (Lipinski definition) is 2. The Morgan fingerprint density at radius 1 is 1.36 bits per heavy atom. The molecule has 74 valence electrons. The smallest absolute Gasteiger partial charge is 0.338 e. The molecule has 0 aromatic heterocycles. The molecule has 4 heteroatoms. The zero-order chi connectivity index (χ0) is 10.3. The van der Waals surface area contributed by atoms with Crippen molar-refractivity contribution < 1.29 is 9.53 Å². The highest BCUT2D eigenvalue weighted by Crippen LogP contribution is 2.55. The van der Waals surface area contributed by atoms with Gasteiger partial charge >= 0.3 is 5.97 Å². The first-order chi connectivity index (χ1) is 6.66. The fourth-order valence-electron chi connectivity index (χ4n) is 1.63. The van der Waals surface area contributed by atoms with Gasteiger partial charge in [0.1, 0.15) is 0 Å². The lowest BCUT2D eigenvalue weighted by Crippen LogP contribution is -2.20. The molecule has 14 heavy (non-hydrogen) atoms. The summed E-state index contributed by atoms with van der Waals surface area (Å²) in [6.07, 6.45) is 0. The van der Waals surface area contributed by atoms with Gasteiger partial charge in [0, 0.05) is 0 Å². The summed E-state index contributed by atoms with van der Waals surface area (Å²) in [5.74, 6) is -0.272. The molecule has 0 saturated heterocycles. The monoisotopic (exact) mass is 318 g/mol. The van der Waals surface area contributed by atoms with Crippen molar-refractivity contribution in [3.05, 3.63) is 34.9 Å². The maximum Gasteiger partial charge on any atom is 0.338 e. The number of methoxy groups -OCH3 is 1. The average molecular weight is 320 g/mol. The van der Waals surface area contributed by atoms with Crippen molar-refractivity contribution in [1.29, 1.82) is 0 Å². The van der Waals surface area contributed by atoms with Crippen molar-refractivity contribution in [2.24, 2.45) is 0 Å². The third kappa shape index (κ3) is 1.32. The van der Waals surface area contributed by atoms with Gasteiger partial charge in [0.2, 0.25) is 0 Å². The van der Waals surface area contributed by atoms with Crippen LogP contribution in [0.1, 0.15) is 31.1 Å². The Labute approximate surface area is 98.9 Å². The summed E-state index contributed by atoms with van der Waals surface area (Å²) in [6.45, 7) is 0. The van der Waals surface area contributed by atoms with Crippen molar-refractivity contribution in [2.45, 2.75) is 9.65 Å². The number of halogens is 2. The Bertz CT molecular complexity index is 390. The van der Waals surface area contributed by atoms with E-state index in [2.05, 4.69) is 31.9 Å². The molecule has 0 N–H and O–H groups in total. The Kier molecular flexibility index (Phi) is 2.66. The molecule has 1 aromatic rings. The van der Waals surface area contributed by atoms with Crippen LogP contribution in [0, 0.1) is 0 Å². The number of carbonyl (C=O) groups is 1. The normalized spacial score (nSPS) is 23.6. The summed E-state index contributed by atoms with van der Waals surface area (Å²) in [7, 11) is 1.40. The van der Waals surface area contributed by atoms with Crippen LogP contribution >= 0.6 is 31.9 Å². The van der Waals surface area contributed by atoms with E-state index in [-0.39, 0.29) is 10.8 Å². The van der Waals surface area contributed by atoms with E-state index in [1.165, 1.54) is 7.11 Å². The highest BCUT2D eigenvalue weighted by atomic mass is 79.9. The van der Waals surface area contributed by atoms with Gasteiger partial charge in [-0.3, -0.25) is 0 Å². The highest BCUT2D eigenvalue weighted by Gasteiger charge is 2.37. The van der Waals surface area contributed by atoms with Crippen molar-refractivity contribution in [1.82, 2.24) is 0 Å². The zero-order valence-corrected chi connectivity index (χ0v) is 10.6. The lowest BCUT2D eigenvalue weighted by atomic mass is 9.84. The first kappa shape index (κ1) is 10.2. The number of ether oxygens (including phenoxy) is 1. The molecule has 2 nitrogen and oxygen atoms in total. The van der Waals surface area contributed by atoms with Crippen LogP contribution < -0.4 is 0 Å². The minimum absolute atomic E-state index is 0.202. The molecule has 2 rings (SSSR count). The lowest BCUT2D eigenvalue weighted by Gasteiger charge is -2.33. The molecule has 1 aromatic carbocycles. The van der Waals surface area contributed by atoms with E-state index in [9.17, 15) is 4.79 Å². The number of fused-ring (bicyclic) bond motifs is 1. The Balaban J connectivity index is 2.49. The van der Waals surface area contributed by atoms with Gasteiger partial charge in [0.15, 0.2) is 0 Å². The summed E-state index contributed by atoms with van der Waals surface area (Å²) in [5, 5.41) is 0. The van der Waals surface area contributed by atoms with Gasteiger partial charge in [-0.15, -0.1) is 0 Å². The Hall–Kier alpha value is -0.350. The van der Waals surface area contributed by atoms with Crippen molar-refractivity contribution in [3.8, 4) is 0 Å². The predicted molar refractivity (Wildman–Crippen MR) is 61.1 cm³/mol. The van der Waals surface area contributed by atoms with Crippen LogP contribution in [0.15, 0.2) is 18.2 Å². The quantitative estimate of drug-likeness (QED) is 0.586. The molecule has 1 aliphatic rings. The van der Waals surface area contributed by atoms with E-state index < -0.39 is 0 Å². The van der Waals surface area contributed by atoms with E-state index in [1.54, 1.807) is 6.07 Å². The maximum absolute atomic E-state index is 11.4. The lowest BCUT2D eigenvalue weighted by molar-refractivity contribution is 0.0598.